The molecule has 1 N–H and O–H groups in total. The van der Waals surface area contributed by atoms with Crippen molar-refractivity contribution < 1.29 is 13.2 Å². The molecular weight excluding hydrogens is 482 g/mol. The Hall–Kier alpha value is -2.22. The Bertz CT molecular complexity index is 1090. The largest absolute Gasteiger partial charge is 0.340 e. The molecule has 1 atom stereocenters. The van der Waals surface area contributed by atoms with Crippen molar-refractivity contribution >= 4 is 15.7 Å². The molecule has 4 rings (SSSR count). The second-order valence-corrected chi connectivity index (χ2v) is 12.8. The van der Waals surface area contributed by atoms with Crippen molar-refractivity contribution in [3.8, 4) is 0 Å². The summed E-state index contributed by atoms with van der Waals surface area (Å²) >= 11 is 0. The first-order valence-corrected chi connectivity index (χ1v) is 15.8. The number of sulfone groups is 1. The van der Waals surface area contributed by atoms with E-state index in [4.69, 9.17) is 0 Å². The summed E-state index contributed by atoms with van der Waals surface area (Å²) in [6, 6.07) is 18.1. The number of amides is 1. The van der Waals surface area contributed by atoms with Crippen LogP contribution in [0.15, 0.2) is 59.5 Å². The maximum absolute atomic E-state index is 13.1. The number of hydrogen-bond acceptors (Lipinski definition) is 5. The van der Waals surface area contributed by atoms with Gasteiger partial charge in [-0.05, 0) is 93.8 Å². The number of nitrogens with one attached hydrogen (secondary N) is 1. The van der Waals surface area contributed by atoms with Crippen molar-refractivity contribution in [2.45, 2.75) is 62.3 Å². The van der Waals surface area contributed by atoms with Crippen LogP contribution in [0.4, 0.5) is 0 Å². The van der Waals surface area contributed by atoms with Crippen LogP contribution in [0.1, 0.15) is 56.1 Å². The fraction of sp³-hybridized carbons (Fsp3) is 0.567. The van der Waals surface area contributed by atoms with Crippen molar-refractivity contribution in [3.63, 3.8) is 0 Å². The lowest BCUT2D eigenvalue weighted by Gasteiger charge is -2.39. The Kier molecular flexibility index (Phi) is 9.79. The van der Waals surface area contributed by atoms with E-state index in [1.54, 1.807) is 24.3 Å². The molecule has 0 aromatic heterocycles. The maximum Gasteiger partial charge on any atom is 0.227 e. The van der Waals surface area contributed by atoms with Gasteiger partial charge < -0.3 is 15.1 Å². The predicted molar refractivity (Wildman–Crippen MR) is 149 cm³/mol. The summed E-state index contributed by atoms with van der Waals surface area (Å²) in [5.41, 5.74) is 2.34. The molecule has 0 spiro atoms. The first-order chi connectivity index (χ1) is 17.8. The van der Waals surface area contributed by atoms with E-state index >= 15 is 0 Å². The Morgan fingerprint density at radius 1 is 1.00 bits per heavy atom. The number of carbonyl (C=O) groups is 1. The monoisotopic (exact) mass is 525 g/mol. The van der Waals surface area contributed by atoms with Gasteiger partial charge in [0.25, 0.3) is 0 Å². The topological polar surface area (TPSA) is 69.7 Å². The van der Waals surface area contributed by atoms with E-state index < -0.39 is 9.84 Å². The number of likely N-dealkylation sites (tertiary alicyclic amines) is 1. The number of piperidine rings is 2. The van der Waals surface area contributed by atoms with Gasteiger partial charge in [0.05, 0.1) is 11.3 Å². The summed E-state index contributed by atoms with van der Waals surface area (Å²) in [6.07, 6.45) is 7.24. The van der Waals surface area contributed by atoms with E-state index in [9.17, 15) is 13.2 Å². The van der Waals surface area contributed by atoms with Gasteiger partial charge in [-0.3, -0.25) is 4.79 Å². The molecule has 2 heterocycles. The number of hydrogen-bond donors (Lipinski definition) is 1. The van der Waals surface area contributed by atoms with Gasteiger partial charge in [0.2, 0.25) is 5.91 Å². The van der Waals surface area contributed by atoms with E-state index in [1.807, 2.05) is 4.90 Å². The number of nitrogens with zero attached hydrogens (tertiary/aromatic N) is 2. The summed E-state index contributed by atoms with van der Waals surface area (Å²) in [4.78, 5) is 18.1. The van der Waals surface area contributed by atoms with Crippen LogP contribution in [0.3, 0.4) is 0 Å². The van der Waals surface area contributed by atoms with Crippen LogP contribution in [-0.2, 0) is 21.1 Å². The van der Waals surface area contributed by atoms with E-state index in [0.29, 0.717) is 18.9 Å². The zero-order valence-electron chi connectivity index (χ0n) is 22.4. The molecule has 7 heteroatoms. The third-order valence-corrected chi connectivity index (χ3v) is 9.43. The van der Waals surface area contributed by atoms with Crippen LogP contribution in [0.25, 0.3) is 0 Å². The zero-order valence-corrected chi connectivity index (χ0v) is 23.3. The Balaban J connectivity index is 1.29. The molecule has 2 aliphatic heterocycles. The summed E-state index contributed by atoms with van der Waals surface area (Å²) < 4.78 is 23.4. The third-order valence-electron chi connectivity index (χ3n) is 8.30. The van der Waals surface area contributed by atoms with Gasteiger partial charge in [-0.1, -0.05) is 42.5 Å². The SMILES string of the molecule is CCN(C(=O)Cc1ccc(S(C)(=O)=O)cc1)C1CCN(CCC(c2ccccc2)C2CCNCC2)CC1. The quantitative estimate of drug-likeness (QED) is 0.505. The van der Waals surface area contributed by atoms with Crippen molar-refractivity contribution in [2.24, 2.45) is 5.92 Å². The summed E-state index contributed by atoms with van der Waals surface area (Å²) in [5.74, 6) is 1.49. The molecule has 0 radical (unpaired) electrons. The lowest BCUT2D eigenvalue weighted by atomic mass is 9.78. The molecular formula is C30H43N3O3S. The molecule has 0 bridgehead atoms. The highest BCUT2D eigenvalue weighted by Gasteiger charge is 2.29. The molecule has 6 nitrogen and oxygen atoms in total. The highest BCUT2D eigenvalue weighted by Crippen LogP contribution is 2.34. The van der Waals surface area contributed by atoms with Crippen molar-refractivity contribution in [1.29, 1.82) is 0 Å². The number of rotatable bonds is 10. The van der Waals surface area contributed by atoms with Gasteiger partial charge in [0.1, 0.15) is 0 Å². The smallest absolute Gasteiger partial charge is 0.227 e. The predicted octanol–water partition coefficient (Wildman–Crippen LogP) is 4.12. The standard InChI is InChI=1S/C30H43N3O3S/c1-3-33(30(34)23-24-9-11-28(12-10-24)37(2,35)36)27-15-20-32(21-16-27)22-17-29(25-7-5-4-6-8-25)26-13-18-31-19-14-26/h4-12,26-27,29,31H,3,13-23H2,1-2H3. The highest BCUT2D eigenvalue weighted by molar-refractivity contribution is 7.90. The molecule has 2 saturated heterocycles. The molecule has 2 aromatic rings. The third kappa shape index (κ3) is 7.65. The molecule has 37 heavy (non-hydrogen) atoms. The van der Waals surface area contributed by atoms with E-state index in [-0.39, 0.29) is 16.8 Å². The fourth-order valence-corrected chi connectivity index (χ4v) is 6.80. The number of likely N-dealkylation sites (N-methyl/N-ethyl adjacent to an activating group) is 1. The lowest BCUT2D eigenvalue weighted by Crippen LogP contribution is -2.48. The Morgan fingerprint density at radius 3 is 2.24 bits per heavy atom. The van der Waals surface area contributed by atoms with Crippen LogP contribution >= 0.6 is 0 Å². The number of carbonyl (C=O) groups excluding carboxylic acids is 1. The molecule has 1 amide bonds. The van der Waals surface area contributed by atoms with Gasteiger partial charge in [0, 0.05) is 31.9 Å². The molecule has 2 aromatic carbocycles. The minimum absolute atomic E-state index is 0.128. The van der Waals surface area contributed by atoms with Crippen LogP contribution in [-0.4, -0.2) is 75.7 Å². The average Bonchev–Trinajstić information content (AvgIpc) is 2.91. The molecule has 2 aliphatic rings. The van der Waals surface area contributed by atoms with E-state index in [0.717, 1.165) is 57.0 Å². The van der Waals surface area contributed by atoms with E-state index in [2.05, 4.69) is 47.5 Å². The second-order valence-electron chi connectivity index (χ2n) is 10.7. The highest BCUT2D eigenvalue weighted by atomic mass is 32.2. The first kappa shape index (κ1) is 27.8. The van der Waals surface area contributed by atoms with Gasteiger partial charge in [-0.2, -0.15) is 0 Å². The van der Waals surface area contributed by atoms with Crippen LogP contribution in [0.2, 0.25) is 0 Å². The molecule has 1 unspecified atom stereocenters. The molecule has 202 valence electrons. The van der Waals surface area contributed by atoms with Gasteiger partial charge in [-0.15, -0.1) is 0 Å². The van der Waals surface area contributed by atoms with Crippen LogP contribution < -0.4 is 5.32 Å². The van der Waals surface area contributed by atoms with Crippen molar-refractivity contribution in [2.75, 3.05) is 45.5 Å². The zero-order chi connectivity index (χ0) is 26.3. The molecule has 0 aliphatic carbocycles. The average molecular weight is 526 g/mol. The summed E-state index contributed by atoms with van der Waals surface area (Å²) in [6.45, 7) is 8.20. The Labute approximate surface area is 223 Å². The summed E-state index contributed by atoms with van der Waals surface area (Å²) in [5, 5.41) is 3.51. The van der Waals surface area contributed by atoms with Crippen LogP contribution in [0.5, 0.6) is 0 Å². The van der Waals surface area contributed by atoms with Gasteiger partial charge in [-0.25, -0.2) is 8.42 Å². The van der Waals surface area contributed by atoms with Gasteiger partial charge in [0.15, 0.2) is 9.84 Å². The van der Waals surface area contributed by atoms with E-state index in [1.165, 1.54) is 31.1 Å². The van der Waals surface area contributed by atoms with Gasteiger partial charge >= 0.3 is 0 Å². The second kappa shape index (κ2) is 13.0. The molecule has 2 fully saturated rings. The lowest BCUT2D eigenvalue weighted by molar-refractivity contribution is -0.133. The summed E-state index contributed by atoms with van der Waals surface area (Å²) in [7, 11) is -3.23. The maximum atomic E-state index is 13.1. The normalized spacial score (nSPS) is 19.0. The Morgan fingerprint density at radius 2 is 1.65 bits per heavy atom. The van der Waals surface area contributed by atoms with Crippen LogP contribution in [0, 0.1) is 5.92 Å². The van der Waals surface area contributed by atoms with Crippen molar-refractivity contribution in [1.82, 2.24) is 15.1 Å². The fourth-order valence-electron chi connectivity index (χ4n) is 6.17. The first-order valence-electron chi connectivity index (χ1n) is 13.9. The number of benzene rings is 2. The minimum atomic E-state index is -3.23. The molecule has 0 saturated carbocycles. The van der Waals surface area contributed by atoms with Crippen molar-refractivity contribution in [3.05, 3.63) is 65.7 Å². The minimum Gasteiger partial charge on any atom is -0.340 e.